The molecule has 0 bridgehead atoms. The second-order valence-electron chi connectivity index (χ2n) is 0.925. The Morgan fingerprint density at radius 1 is 1.86 bits per heavy atom. The van der Waals surface area contributed by atoms with Gasteiger partial charge in [0.15, 0.2) is 0 Å². The zero-order valence-electron chi connectivity index (χ0n) is 4.49. The van der Waals surface area contributed by atoms with Gasteiger partial charge in [0.05, 0.1) is 0 Å². The molecule has 0 radical (unpaired) electrons. The van der Waals surface area contributed by atoms with Gasteiger partial charge >= 0.3 is 53.6 Å². The van der Waals surface area contributed by atoms with Crippen molar-refractivity contribution in [3.63, 3.8) is 0 Å². The molecule has 0 fully saturated rings. The number of hydrogen-bond acceptors (Lipinski definition) is 1. The summed E-state index contributed by atoms with van der Waals surface area (Å²) in [5, 5.41) is 2.58. The van der Waals surface area contributed by atoms with E-state index >= 15 is 0 Å². The van der Waals surface area contributed by atoms with Crippen molar-refractivity contribution in [2.24, 2.45) is 0 Å². The third-order valence-corrected chi connectivity index (χ3v) is 2.45. The fourth-order valence-corrected chi connectivity index (χ4v) is 1.26. The van der Waals surface area contributed by atoms with Crippen LogP contribution in [0, 0.1) is 0 Å². The van der Waals surface area contributed by atoms with Crippen LogP contribution in [-0.4, -0.2) is 15.4 Å². The predicted molar refractivity (Wildman–Crippen MR) is 25.0 cm³/mol. The Balaban J connectivity index is 3.00. The number of hydrogen-bond donors (Lipinski definition) is 1. The zero-order valence-corrected chi connectivity index (χ0v) is 6.65. The van der Waals surface area contributed by atoms with Gasteiger partial charge in [-0.1, -0.05) is 0 Å². The van der Waals surface area contributed by atoms with Gasteiger partial charge in [0.25, 0.3) is 0 Å². The summed E-state index contributed by atoms with van der Waals surface area (Å²) in [6, 6.07) is 0. The monoisotopic (exact) mass is 214 g/mol. The van der Waals surface area contributed by atoms with Crippen molar-refractivity contribution >= 4 is 3.91 Å². The molecule has 0 spiro atoms. The van der Waals surface area contributed by atoms with Crippen LogP contribution in [0.4, 0.5) is 4.79 Å². The second-order valence-corrected chi connectivity index (χ2v) is 4.19. The molecule has 7 heavy (non-hydrogen) atoms. The summed E-state index contributed by atoms with van der Waals surface area (Å²) in [6.45, 7) is 2.03. The molecule has 1 amide bonds. The molecular weight excluding hydrogens is 205 g/mol. The van der Waals surface area contributed by atoms with E-state index in [1.165, 1.54) is 0 Å². The van der Waals surface area contributed by atoms with Crippen LogP contribution in [0.3, 0.4) is 0 Å². The summed E-state index contributed by atoms with van der Waals surface area (Å²) in [5.74, 6) is 0. The molecule has 0 aliphatic rings. The second kappa shape index (κ2) is 4.36. The molecule has 2 nitrogen and oxygen atoms in total. The van der Waals surface area contributed by atoms with Crippen LogP contribution in [0.25, 0.3) is 0 Å². The third kappa shape index (κ3) is 4.04. The van der Waals surface area contributed by atoms with Crippen LogP contribution in [0.2, 0.25) is 0 Å². The van der Waals surface area contributed by atoms with Gasteiger partial charge < -0.3 is 0 Å². The van der Waals surface area contributed by atoms with Crippen molar-refractivity contribution in [3.05, 3.63) is 0 Å². The van der Waals surface area contributed by atoms with E-state index < -0.39 is 0 Å². The Labute approximate surface area is 53.9 Å². The van der Waals surface area contributed by atoms with Gasteiger partial charge in [-0.05, 0) is 0 Å². The maximum absolute atomic E-state index is 10.3. The minimum absolute atomic E-state index is 0.185. The van der Waals surface area contributed by atoms with E-state index in [4.69, 9.17) is 0 Å². The average molecular weight is 214 g/mol. The molecule has 0 aromatic rings. The first-order chi connectivity index (χ1) is 3.31. The first-order valence-corrected chi connectivity index (χ1v) is 4.72. The maximum atomic E-state index is 10.3. The van der Waals surface area contributed by atoms with E-state index in [0.717, 1.165) is 4.43 Å². The molecule has 0 heterocycles. The molecule has 0 saturated heterocycles. The SMILES string of the molecule is CC[I-]C(=O)NC. The molecule has 44 valence electrons. The Morgan fingerprint density at radius 3 is 2.57 bits per heavy atom. The molecule has 3 heteroatoms. The van der Waals surface area contributed by atoms with Crippen LogP contribution >= 0.6 is 0 Å². The van der Waals surface area contributed by atoms with E-state index in [9.17, 15) is 4.79 Å². The summed E-state index contributed by atoms with van der Waals surface area (Å²) < 4.78 is 1.28. The van der Waals surface area contributed by atoms with E-state index in [0.29, 0.717) is 0 Å². The number of rotatable bonds is 2. The van der Waals surface area contributed by atoms with E-state index in [1.54, 1.807) is 7.05 Å². The normalized spacial score (nSPS) is 8.86. The van der Waals surface area contributed by atoms with Gasteiger partial charge in [-0.15, -0.1) is 0 Å². The standard InChI is InChI=1S/C4H9INO/c1-3-5-4(7)6-2/h3H2,1-2H3,(H,6,7)/q-1. The number of nitrogens with one attached hydrogen (secondary N) is 1. The van der Waals surface area contributed by atoms with Crippen LogP contribution < -0.4 is 26.5 Å². The van der Waals surface area contributed by atoms with Crippen molar-refractivity contribution < 1.29 is 26.0 Å². The minimum atomic E-state index is -0.185. The fourth-order valence-electron chi connectivity index (χ4n) is 0.188. The topological polar surface area (TPSA) is 29.1 Å². The summed E-state index contributed by atoms with van der Waals surface area (Å²) in [6.07, 6.45) is 0. The molecule has 0 atom stereocenters. The quantitative estimate of drug-likeness (QED) is 0.233. The molecule has 0 aromatic carbocycles. The first-order valence-electron chi connectivity index (χ1n) is 2.12. The van der Waals surface area contributed by atoms with Crippen molar-refractivity contribution in [2.75, 3.05) is 11.5 Å². The van der Waals surface area contributed by atoms with Crippen molar-refractivity contribution in [3.8, 4) is 0 Å². The number of halogens is 1. The Bertz CT molecular complexity index is 64.7. The van der Waals surface area contributed by atoms with Gasteiger partial charge in [-0.25, -0.2) is 0 Å². The Hall–Kier alpha value is 0.200. The molecule has 0 rings (SSSR count). The summed E-state index contributed by atoms with van der Waals surface area (Å²) in [7, 11) is 1.68. The van der Waals surface area contributed by atoms with Crippen LogP contribution in [-0.2, 0) is 0 Å². The number of carbonyl (C=O) groups excluding carboxylic acids is 1. The van der Waals surface area contributed by atoms with Gasteiger partial charge in [0.2, 0.25) is 0 Å². The van der Waals surface area contributed by atoms with Crippen molar-refractivity contribution in [1.29, 1.82) is 0 Å². The van der Waals surface area contributed by atoms with Crippen LogP contribution in [0.1, 0.15) is 6.92 Å². The van der Waals surface area contributed by atoms with Gasteiger partial charge in [-0.3, -0.25) is 0 Å². The van der Waals surface area contributed by atoms with E-state index in [2.05, 4.69) is 5.32 Å². The third-order valence-electron chi connectivity index (χ3n) is 0.452. The number of amides is 1. The molecule has 0 aliphatic carbocycles. The zero-order chi connectivity index (χ0) is 5.70. The number of alkyl halides is 1. The van der Waals surface area contributed by atoms with Gasteiger partial charge in [0.1, 0.15) is 0 Å². The average Bonchev–Trinajstić information content (AvgIpc) is 1.68. The Kier molecular flexibility index (Phi) is 4.49. The van der Waals surface area contributed by atoms with Gasteiger partial charge in [-0.2, -0.15) is 0 Å². The summed E-state index contributed by atoms with van der Waals surface area (Å²) >= 11 is -0.185. The van der Waals surface area contributed by atoms with E-state index in [1.807, 2.05) is 6.92 Å². The molecule has 1 N–H and O–H groups in total. The molecule has 0 saturated carbocycles. The first kappa shape index (κ1) is 7.20. The predicted octanol–water partition coefficient (Wildman–Crippen LogP) is -2.57. The summed E-state index contributed by atoms with van der Waals surface area (Å²) in [5.41, 5.74) is 0. The molecule has 0 unspecified atom stereocenters. The van der Waals surface area contributed by atoms with Crippen molar-refractivity contribution in [1.82, 2.24) is 5.32 Å². The van der Waals surface area contributed by atoms with Crippen LogP contribution in [0.15, 0.2) is 0 Å². The van der Waals surface area contributed by atoms with E-state index in [-0.39, 0.29) is 25.1 Å². The van der Waals surface area contributed by atoms with Crippen molar-refractivity contribution in [2.45, 2.75) is 6.92 Å². The number of carbonyl (C=O) groups is 1. The summed E-state index contributed by atoms with van der Waals surface area (Å²) in [4.78, 5) is 10.3. The van der Waals surface area contributed by atoms with Gasteiger partial charge in [0, 0.05) is 0 Å². The molecule has 0 aliphatic heterocycles. The van der Waals surface area contributed by atoms with Crippen LogP contribution in [0.5, 0.6) is 0 Å². The molecular formula is C4H9INO-. The Morgan fingerprint density at radius 2 is 2.43 bits per heavy atom. The molecule has 0 aromatic heterocycles. The fraction of sp³-hybridized carbons (Fsp3) is 0.750.